The first kappa shape index (κ1) is 25.2. The van der Waals surface area contributed by atoms with Crippen molar-refractivity contribution in [1.29, 1.82) is 0 Å². The zero-order valence-corrected chi connectivity index (χ0v) is 21.6. The second kappa shape index (κ2) is 10.5. The van der Waals surface area contributed by atoms with E-state index in [1.807, 2.05) is 12.1 Å². The molecule has 5 rings (SSSR count). The standard InChI is InChI=1S/C30H29NO7/c1-17(2)16-36-23-14-9-18(15-24(23)35-4)25-26-27(21-7-5-6-8-22(21)37-30(26)33)38-28(25)29(32)31-19-10-12-20(34-3)13-11-19/h5-15,17,25,28H,16H2,1-4H3,(H,31,32)/t25-,28+/m1/s1. The van der Waals surface area contributed by atoms with Gasteiger partial charge in [0.15, 0.2) is 17.6 Å². The first-order valence-electron chi connectivity index (χ1n) is 12.4. The number of carbonyl (C=O) groups is 1. The molecule has 3 aromatic carbocycles. The van der Waals surface area contributed by atoms with Gasteiger partial charge in [-0.05, 0) is 60.0 Å². The van der Waals surface area contributed by atoms with Crippen molar-refractivity contribution in [3.8, 4) is 23.0 Å². The van der Waals surface area contributed by atoms with Gasteiger partial charge in [-0.3, -0.25) is 4.79 Å². The third kappa shape index (κ3) is 4.77. The first-order chi connectivity index (χ1) is 18.4. The van der Waals surface area contributed by atoms with Crippen LogP contribution < -0.4 is 29.9 Å². The van der Waals surface area contributed by atoms with Gasteiger partial charge in [-0.15, -0.1) is 0 Å². The second-order valence-corrected chi connectivity index (χ2v) is 9.48. The van der Waals surface area contributed by atoms with Crippen molar-refractivity contribution in [3.05, 3.63) is 88.3 Å². The summed E-state index contributed by atoms with van der Waals surface area (Å²) in [6.07, 6.45) is -1.03. The highest BCUT2D eigenvalue weighted by Gasteiger charge is 2.44. The highest BCUT2D eigenvalue weighted by molar-refractivity contribution is 5.97. The van der Waals surface area contributed by atoms with Gasteiger partial charge in [0.2, 0.25) is 0 Å². The fourth-order valence-corrected chi connectivity index (χ4v) is 4.56. The monoisotopic (exact) mass is 515 g/mol. The number of ether oxygens (including phenoxy) is 4. The molecule has 0 bridgehead atoms. The fourth-order valence-electron chi connectivity index (χ4n) is 4.56. The number of anilines is 1. The molecule has 0 fully saturated rings. The quantitative estimate of drug-likeness (QED) is 0.315. The first-order valence-corrected chi connectivity index (χ1v) is 12.4. The van der Waals surface area contributed by atoms with Gasteiger partial charge in [-0.2, -0.15) is 0 Å². The number of amides is 1. The van der Waals surface area contributed by atoms with Gasteiger partial charge in [0.1, 0.15) is 17.1 Å². The maximum Gasteiger partial charge on any atom is 0.344 e. The molecule has 1 aromatic heterocycles. The molecule has 1 N–H and O–H groups in total. The molecule has 0 aliphatic carbocycles. The molecule has 0 radical (unpaired) electrons. The number of hydrogen-bond donors (Lipinski definition) is 1. The number of hydrogen-bond acceptors (Lipinski definition) is 7. The number of para-hydroxylation sites is 1. The summed E-state index contributed by atoms with van der Waals surface area (Å²) in [7, 11) is 3.13. The SMILES string of the molecule is COc1ccc(NC(=O)[C@H]2Oc3c(c(=O)oc4ccccc34)[C@H]2c2ccc(OCC(C)C)c(OC)c2)cc1. The molecule has 0 unspecified atom stereocenters. The van der Waals surface area contributed by atoms with E-state index < -0.39 is 23.6 Å². The molecule has 8 heteroatoms. The Morgan fingerprint density at radius 3 is 2.45 bits per heavy atom. The van der Waals surface area contributed by atoms with Crippen molar-refractivity contribution in [2.75, 3.05) is 26.1 Å². The van der Waals surface area contributed by atoms with E-state index in [4.69, 9.17) is 23.4 Å². The van der Waals surface area contributed by atoms with Crippen LogP contribution in [0.3, 0.4) is 0 Å². The summed E-state index contributed by atoms with van der Waals surface area (Å²) in [5.41, 5.74) is 1.36. The zero-order valence-electron chi connectivity index (χ0n) is 21.6. The summed E-state index contributed by atoms with van der Waals surface area (Å²) >= 11 is 0. The second-order valence-electron chi connectivity index (χ2n) is 9.48. The largest absolute Gasteiger partial charge is 0.497 e. The highest BCUT2D eigenvalue weighted by Crippen LogP contribution is 2.46. The van der Waals surface area contributed by atoms with Crippen molar-refractivity contribution in [2.24, 2.45) is 5.92 Å². The van der Waals surface area contributed by atoms with E-state index in [-0.39, 0.29) is 5.56 Å². The highest BCUT2D eigenvalue weighted by atomic mass is 16.5. The van der Waals surface area contributed by atoms with Gasteiger partial charge < -0.3 is 28.7 Å². The van der Waals surface area contributed by atoms with Crippen LogP contribution in [0, 0.1) is 5.92 Å². The number of nitrogens with one attached hydrogen (secondary N) is 1. The maximum atomic E-state index is 13.6. The van der Waals surface area contributed by atoms with Crippen LogP contribution in [0.5, 0.6) is 23.0 Å². The van der Waals surface area contributed by atoms with Crippen LogP contribution in [0.1, 0.15) is 30.9 Å². The van der Waals surface area contributed by atoms with Crippen molar-refractivity contribution in [2.45, 2.75) is 25.9 Å². The zero-order chi connectivity index (χ0) is 26.8. The van der Waals surface area contributed by atoms with Crippen molar-refractivity contribution < 1.29 is 28.2 Å². The molecule has 2 atom stereocenters. The van der Waals surface area contributed by atoms with Crippen molar-refractivity contribution >= 4 is 22.6 Å². The summed E-state index contributed by atoms with van der Waals surface area (Å²) in [4.78, 5) is 26.9. The van der Waals surface area contributed by atoms with Crippen LogP contribution in [-0.2, 0) is 4.79 Å². The predicted octanol–water partition coefficient (Wildman–Crippen LogP) is 5.38. The maximum absolute atomic E-state index is 13.6. The van der Waals surface area contributed by atoms with Crippen LogP contribution >= 0.6 is 0 Å². The minimum absolute atomic E-state index is 0.288. The molecule has 0 spiro atoms. The number of methoxy groups -OCH3 is 2. The summed E-state index contributed by atoms with van der Waals surface area (Å²) in [6.45, 7) is 4.64. The van der Waals surface area contributed by atoms with Gasteiger partial charge in [-0.1, -0.05) is 32.0 Å². The van der Waals surface area contributed by atoms with Crippen molar-refractivity contribution in [3.63, 3.8) is 0 Å². The van der Waals surface area contributed by atoms with E-state index in [0.717, 1.165) is 0 Å². The molecule has 1 aliphatic heterocycles. The lowest BCUT2D eigenvalue weighted by molar-refractivity contribution is -0.122. The molecule has 1 aliphatic rings. The Balaban J connectivity index is 1.58. The number of carbonyl (C=O) groups excluding carboxylic acids is 1. The number of fused-ring (bicyclic) bond motifs is 3. The summed E-state index contributed by atoms with van der Waals surface area (Å²) in [5, 5.41) is 3.52. The van der Waals surface area contributed by atoms with Gasteiger partial charge in [0.05, 0.1) is 37.7 Å². The van der Waals surface area contributed by atoms with Gasteiger partial charge in [0.25, 0.3) is 5.91 Å². The molecule has 4 aromatic rings. The van der Waals surface area contributed by atoms with E-state index in [1.54, 1.807) is 68.8 Å². The van der Waals surface area contributed by atoms with Crippen LogP contribution in [0.25, 0.3) is 11.0 Å². The van der Waals surface area contributed by atoms with Gasteiger partial charge in [0, 0.05) is 5.69 Å². The van der Waals surface area contributed by atoms with E-state index in [1.165, 1.54) is 0 Å². The Bertz CT molecular complexity index is 1520. The molecular formula is C30H29NO7. The summed E-state index contributed by atoms with van der Waals surface area (Å²) in [6, 6.07) is 19.5. The Labute approximate surface area is 220 Å². The Hall–Kier alpha value is -4.46. The molecular weight excluding hydrogens is 486 g/mol. The normalized spacial score (nSPS) is 16.1. The van der Waals surface area contributed by atoms with Crippen LogP contribution in [0.15, 0.2) is 75.9 Å². The molecule has 8 nitrogen and oxygen atoms in total. The topological polar surface area (TPSA) is 96.2 Å². The lowest BCUT2D eigenvalue weighted by Crippen LogP contribution is -2.35. The molecule has 196 valence electrons. The average Bonchev–Trinajstić information content (AvgIpc) is 3.34. The van der Waals surface area contributed by atoms with Gasteiger partial charge >= 0.3 is 5.63 Å². The molecule has 38 heavy (non-hydrogen) atoms. The summed E-state index contributed by atoms with van der Waals surface area (Å²) in [5.74, 6) is 1.27. The van der Waals surface area contributed by atoms with Crippen LogP contribution in [0.2, 0.25) is 0 Å². The smallest absolute Gasteiger partial charge is 0.344 e. The van der Waals surface area contributed by atoms with E-state index in [0.29, 0.717) is 57.7 Å². The lowest BCUT2D eigenvalue weighted by Gasteiger charge is -2.20. The Morgan fingerprint density at radius 2 is 1.74 bits per heavy atom. The number of rotatable bonds is 8. The Kier molecular flexibility index (Phi) is 6.96. The molecule has 1 amide bonds. The van der Waals surface area contributed by atoms with Crippen LogP contribution in [0.4, 0.5) is 5.69 Å². The number of benzene rings is 3. The van der Waals surface area contributed by atoms with E-state index in [2.05, 4.69) is 19.2 Å². The van der Waals surface area contributed by atoms with E-state index in [9.17, 15) is 9.59 Å². The van der Waals surface area contributed by atoms with Crippen LogP contribution in [-0.4, -0.2) is 32.8 Å². The van der Waals surface area contributed by atoms with Gasteiger partial charge in [-0.25, -0.2) is 4.79 Å². The molecule has 2 heterocycles. The fraction of sp³-hybridized carbons (Fsp3) is 0.267. The minimum Gasteiger partial charge on any atom is -0.497 e. The molecule has 0 saturated carbocycles. The third-order valence-corrected chi connectivity index (χ3v) is 6.39. The molecule has 0 saturated heterocycles. The third-order valence-electron chi connectivity index (χ3n) is 6.39. The van der Waals surface area contributed by atoms with Crippen molar-refractivity contribution in [1.82, 2.24) is 0 Å². The average molecular weight is 516 g/mol. The minimum atomic E-state index is -1.03. The Morgan fingerprint density at radius 1 is 0.974 bits per heavy atom. The predicted molar refractivity (Wildman–Crippen MR) is 144 cm³/mol. The summed E-state index contributed by atoms with van der Waals surface area (Å²) < 4.78 is 28.6. The lowest BCUT2D eigenvalue weighted by atomic mass is 9.88. The van der Waals surface area contributed by atoms with E-state index >= 15 is 0 Å².